The molecule has 0 saturated heterocycles. The fourth-order valence-electron chi connectivity index (χ4n) is 3.79. The second kappa shape index (κ2) is 8.34. The standard InChI is InChI=1S/C24H18F2N4O3/c1-14-20(23-28-22(29-33-23)16-4-2-5-18(26)12-16)21(15-7-9-17(25)10-8-15)27-24(31)30(14)13-19-6-3-11-32-19/h2-12,21H,13H2,1H3,(H,27,31). The van der Waals surface area contributed by atoms with E-state index in [1.54, 1.807) is 43.3 Å². The monoisotopic (exact) mass is 448 g/mol. The average molecular weight is 448 g/mol. The van der Waals surface area contributed by atoms with Crippen molar-refractivity contribution in [3.63, 3.8) is 0 Å². The van der Waals surface area contributed by atoms with Gasteiger partial charge in [0.25, 0.3) is 5.89 Å². The quantitative estimate of drug-likeness (QED) is 0.448. The molecule has 7 nitrogen and oxygen atoms in total. The zero-order chi connectivity index (χ0) is 22.9. The lowest BCUT2D eigenvalue weighted by Gasteiger charge is -2.34. The predicted octanol–water partition coefficient (Wildman–Crippen LogP) is 5.31. The number of aromatic nitrogens is 2. The molecule has 1 aliphatic rings. The Morgan fingerprint density at radius 2 is 1.88 bits per heavy atom. The van der Waals surface area contributed by atoms with E-state index in [-0.39, 0.29) is 24.3 Å². The van der Waals surface area contributed by atoms with Crippen LogP contribution in [0.4, 0.5) is 13.6 Å². The second-order valence-corrected chi connectivity index (χ2v) is 7.53. The third-order valence-corrected chi connectivity index (χ3v) is 5.43. The number of benzene rings is 2. The number of nitrogens with zero attached hydrogens (tertiary/aromatic N) is 3. The van der Waals surface area contributed by atoms with E-state index in [2.05, 4.69) is 15.5 Å². The third-order valence-electron chi connectivity index (χ3n) is 5.43. The van der Waals surface area contributed by atoms with Gasteiger partial charge in [0.1, 0.15) is 17.4 Å². The molecule has 0 bridgehead atoms. The highest BCUT2D eigenvalue weighted by molar-refractivity contribution is 5.86. The molecule has 0 saturated carbocycles. The van der Waals surface area contributed by atoms with Gasteiger partial charge < -0.3 is 14.3 Å². The number of furan rings is 1. The fraction of sp³-hybridized carbons (Fsp3) is 0.125. The van der Waals surface area contributed by atoms with Gasteiger partial charge in [-0.1, -0.05) is 29.4 Å². The molecule has 0 aliphatic carbocycles. The number of rotatable bonds is 5. The Morgan fingerprint density at radius 3 is 2.61 bits per heavy atom. The van der Waals surface area contributed by atoms with Gasteiger partial charge in [-0.05, 0) is 48.9 Å². The van der Waals surface area contributed by atoms with Crippen LogP contribution in [-0.4, -0.2) is 21.1 Å². The lowest BCUT2D eigenvalue weighted by Crippen LogP contribution is -2.45. The number of carbonyl (C=O) groups excluding carboxylic acids is 1. The molecule has 5 rings (SSSR count). The van der Waals surface area contributed by atoms with E-state index in [4.69, 9.17) is 8.94 Å². The largest absolute Gasteiger partial charge is 0.467 e. The van der Waals surface area contributed by atoms with Crippen LogP contribution < -0.4 is 5.32 Å². The molecule has 0 spiro atoms. The van der Waals surface area contributed by atoms with Gasteiger partial charge in [0, 0.05) is 11.3 Å². The first-order valence-electron chi connectivity index (χ1n) is 10.2. The Morgan fingerprint density at radius 1 is 1.06 bits per heavy atom. The molecule has 4 aromatic rings. The summed E-state index contributed by atoms with van der Waals surface area (Å²) in [5.41, 5.74) is 2.21. The van der Waals surface area contributed by atoms with Crippen LogP contribution in [0.3, 0.4) is 0 Å². The molecule has 0 radical (unpaired) electrons. The van der Waals surface area contributed by atoms with Crippen molar-refractivity contribution in [1.29, 1.82) is 0 Å². The summed E-state index contributed by atoms with van der Waals surface area (Å²) in [6.07, 6.45) is 1.53. The number of carbonyl (C=O) groups is 1. The van der Waals surface area contributed by atoms with Crippen LogP contribution in [0.15, 0.2) is 81.6 Å². The van der Waals surface area contributed by atoms with Crippen LogP contribution in [0, 0.1) is 11.6 Å². The molecule has 2 amide bonds. The van der Waals surface area contributed by atoms with Gasteiger partial charge in [0.2, 0.25) is 5.82 Å². The van der Waals surface area contributed by atoms with Crippen LogP contribution in [0.1, 0.15) is 30.2 Å². The topological polar surface area (TPSA) is 84.4 Å². The minimum Gasteiger partial charge on any atom is -0.467 e. The summed E-state index contributed by atoms with van der Waals surface area (Å²) in [7, 11) is 0. The number of halogens is 2. The molecule has 9 heteroatoms. The summed E-state index contributed by atoms with van der Waals surface area (Å²) in [5.74, 6) is 0.138. The summed E-state index contributed by atoms with van der Waals surface area (Å²) < 4.78 is 38.2. The number of hydrogen-bond acceptors (Lipinski definition) is 5. The van der Waals surface area contributed by atoms with Crippen LogP contribution in [0.2, 0.25) is 0 Å². The van der Waals surface area contributed by atoms with Gasteiger partial charge in [-0.2, -0.15) is 4.98 Å². The maximum Gasteiger partial charge on any atom is 0.322 e. The Bertz CT molecular complexity index is 1330. The smallest absolute Gasteiger partial charge is 0.322 e. The average Bonchev–Trinajstić information content (AvgIpc) is 3.49. The van der Waals surface area contributed by atoms with E-state index in [0.717, 1.165) is 0 Å². The maximum absolute atomic E-state index is 13.7. The Kier molecular flexibility index (Phi) is 5.21. The van der Waals surface area contributed by atoms with Crippen molar-refractivity contribution in [1.82, 2.24) is 20.4 Å². The molecule has 33 heavy (non-hydrogen) atoms. The highest BCUT2D eigenvalue weighted by Crippen LogP contribution is 2.38. The van der Waals surface area contributed by atoms with Crippen molar-refractivity contribution in [2.75, 3.05) is 0 Å². The Labute approximate surface area is 187 Å². The van der Waals surface area contributed by atoms with E-state index < -0.39 is 17.7 Å². The molecule has 2 aromatic heterocycles. The molecule has 3 heterocycles. The highest BCUT2D eigenvalue weighted by atomic mass is 19.1. The van der Waals surface area contributed by atoms with Gasteiger partial charge in [-0.15, -0.1) is 0 Å². The lowest BCUT2D eigenvalue weighted by atomic mass is 9.94. The van der Waals surface area contributed by atoms with Crippen molar-refractivity contribution in [2.24, 2.45) is 0 Å². The zero-order valence-electron chi connectivity index (χ0n) is 17.5. The molecular weight excluding hydrogens is 430 g/mol. The molecule has 1 N–H and O–H groups in total. The van der Waals surface area contributed by atoms with Gasteiger partial charge in [0.05, 0.1) is 24.4 Å². The van der Waals surface area contributed by atoms with Crippen LogP contribution in [-0.2, 0) is 6.54 Å². The van der Waals surface area contributed by atoms with Gasteiger partial charge >= 0.3 is 6.03 Å². The summed E-state index contributed by atoms with van der Waals surface area (Å²) in [5, 5.41) is 6.93. The first kappa shape index (κ1) is 20.6. The second-order valence-electron chi connectivity index (χ2n) is 7.53. The normalized spacial score (nSPS) is 16.3. The summed E-state index contributed by atoms with van der Waals surface area (Å²) in [6, 6.07) is 14.1. The molecule has 1 aliphatic heterocycles. The molecule has 2 aromatic carbocycles. The number of hydrogen-bond donors (Lipinski definition) is 1. The van der Waals surface area contributed by atoms with Crippen molar-refractivity contribution in [2.45, 2.75) is 19.5 Å². The number of allylic oxidation sites excluding steroid dienone is 1. The van der Waals surface area contributed by atoms with Gasteiger partial charge in [0.15, 0.2) is 0 Å². The van der Waals surface area contributed by atoms with E-state index in [0.29, 0.717) is 28.2 Å². The molecule has 0 fully saturated rings. The maximum atomic E-state index is 13.7. The van der Waals surface area contributed by atoms with Crippen LogP contribution in [0.5, 0.6) is 0 Å². The van der Waals surface area contributed by atoms with E-state index in [1.165, 1.54) is 35.4 Å². The van der Waals surface area contributed by atoms with Crippen molar-refractivity contribution in [3.8, 4) is 11.4 Å². The summed E-state index contributed by atoms with van der Waals surface area (Å²) in [4.78, 5) is 18.9. The zero-order valence-corrected chi connectivity index (χ0v) is 17.5. The van der Waals surface area contributed by atoms with Gasteiger partial charge in [-0.3, -0.25) is 4.90 Å². The molecule has 1 unspecified atom stereocenters. The Hall–Kier alpha value is -4.27. The van der Waals surface area contributed by atoms with Crippen molar-refractivity contribution < 1.29 is 22.5 Å². The predicted molar refractivity (Wildman–Crippen MR) is 114 cm³/mol. The van der Waals surface area contributed by atoms with E-state index >= 15 is 0 Å². The number of nitrogens with one attached hydrogen (secondary N) is 1. The fourth-order valence-corrected chi connectivity index (χ4v) is 3.79. The van der Waals surface area contributed by atoms with Crippen molar-refractivity contribution >= 4 is 11.6 Å². The minimum atomic E-state index is -0.660. The molecule has 166 valence electrons. The molecule has 1 atom stereocenters. The van der Waals surface area contributed by atoms with Crippen LogP contribution >= 0.6 is 0 Å². The third kappa shape index (κ3) is 4.00. The summed E-state index contributed by atoms with van der Waals surface area (Å²) >= 11 is 0. The number of amides is 2. The summed E-state index contributed by atoms with van der Waals surface area (Å²) in [6.45, 7) is 1.95. The van der Waals surface area contributed by atoms with Crippen molar-refractivity contribution in [3.05, 3.63) is 101 Å². The first-order valence-corrected chi connectivity index (χ1v) is 10.2. The lowest BCUT2D eigenvalue weighted by molar-refractivity contribution is 0.199. The SMILES string of the molecule is CC1=C(c2nc(-c3cccc(F)c3)no2)C(c2ccc(F)cc2)NC(=O)N1Cc1ccco1. The minimum absolute atomic E-state index is 0.158. The highest BCUT2D eigenvalue weighted by Gasteiger charge is 2.36. The van der Waals surface area contributed by atoms with Gasteiger partial charge in [-0.25, -0.2) is 13.6 Å². The van der Waals surface area contributed by atoms with E-state index in [9.17, 15) is 13.6 Å². The molecular formula is C24H18F2N4O3. The first-order chi connectivity index (χ1) is 16.0. The van der Waals surface area contributed by atoms with E-state index in [1.807, 2.05) is 0 Å². The Balaban J connectivity index is 1.60. The van der Waals surface area contributed by atoms with Crippen LogP contribution in [0.25, 0.3) is 17.0 Å². The number of urea groups is 1.